The predicted octanol–water partition coefficient (Wildman–Crippen LogP) is -0.263. The van der Waals surface area contributed by atoms with Gasteiger partial charge < -0.3 is 20.7 Å². The van der Waals surface area contributed by atoms with E-state index in [9.17, 15) is 9.59 Å². The first-order valence-corrected chi connectivity index (χ1v) is 6.10. The second-order valence-electron chi connectivity index (χ2n) is 4.28. The van der Waals surface area contributed by atoms with Crippen LogP contribution in [0.25, 0.3) is 0 Å². The third kappa shape index (κ3) is 2.68. The Morgan fingerprint density at radius 1 is 1.58 bits per heavy atom. The lowest BCUT2D eigenvalue weighted by molar-refractivity contribution is -0.123. The Labute approximate surface area is 111 Å². The van der Waals surface area contributed by atoms with Gasteiger partial charge in [0.15, 0.2) is 0 Å². The van der Waals surface area contributed by atoms with Crippen LogP contribution in [0.3, 0.4) is 0 Å². The Morgan fingerprint density at radius 3 is 3.05 bits per heavy atom. The van der Waals surface area contributed by atoms with Crippen LogP contribution in [0.15, 0.2) is 24.3 Å². The number of anilines is 1. The van der Waals surface area contributed by atoms with Gasteiger partial charge in [-0.3, -0.25) is 4.79 Å². The molecule has 19 heavy (non-hydrogen) atoms. The maximum atomic E-state index is 11.8. The van der Waals surface area contributed by atoms with Gasteiger partial charge in [-0.1, -0.05) is 6.07 Å². The molecule has 0 saturated carbocycles. The number of hydrogen-bond donors (Lipinski definition) is 2. The van der Waals surface area contributed by atoms with E-state index in [4.69, 9.17) is 10.5 Å². The number of methoxy groups -OCH3 is 1. The monoisotopic (exact) mass is 263 g/mol. The van der Waals surface area contributed by atoms with E-state index in [1.165, 1.54) is 7.11 Å². The van der Waals surface area contributed by atoms with Gasteiger partial charge in [0.05, 0.1) is 12.7 Å². The highest BCUT2D eigenvalue weighted by Crippen LogP contribution is 2.20. The van der Waals surface area contributed by atoms with Crippen molar-refractivity contribution in [2.45, 2.75) is 6.04 Å². The zero-order chi connectivity index (χ0) is 13.8. The molecule has 1 aromatic carbocycles. The number of rotatable bonds is 3. The lowest BCUT2D eigenvalue weighted by atomic mass is 10.1. The summed E-state index contributed by atoms with van der Waals surface area (Å²) >= 11 is 0. The highest BCUT2D eigenvalue weighted by Gasteiger charge is 2.28. The lowest BCUT2D eigenvalue weighted by Crippen LogP contribution is -2.58. The van der Waals surface area contributed by atoms with Crippen LogP contribution in [-0.2, 0) is 9.53 Å². The standard InChI is InChI=1S/C13H17N3O3/c1-19-13(18)9-3-2-4-10(7-9)16-6-5-15-12(17)11(16)8-14/h2-4,7,11H,5-6,8,14H2,1H3,(H,15,17). The first-order chi connectivity index (χ1) is 9.17. The minimum absolute atomic E-state index is 0.0859. The summed E-state index contributed by atoms with van der Waals surface area (Å²) < 4.78 is 4.69. The van der Waals surface area contributed by atoms with Gasteiger partial charge in [0.25, 0.3) is 0 Å². The fraction of sp³-hybridized carbons (Fsp3) is 0.385. The molecule has 1 saturated heterocycles. The highest BCUT2D eigenvalue weighted by molar-refractivity contribution is 5.91. The summed E-state index contributed by atoms with van der Waals surface area (Å²) in [5.74, 6) is -0.482. The van der Waals surface area contributed by atoms with Crippen LogP contribution in [0.1, 0.15) is 10.4 Å². The summed E-state index contributed by atoms with van der Waals surface area (Å²) in [6, 6.07) is 6.61. The molecule has 1 aromatic rings. The molecule has 6 nitrogen and oxygen atoms in total. The molecule has 0 bridgehead atoms. The topological polar surface area (TPSA) is 84.7 Å². The Balaban J connectivity index is 2.29. The van der Waals surface area contributed by atoms with Crippen molar-refractivity contribution in [1.82, 2.24) is 5.32 Å². The van der Waals surface area contributed by atoms with Gasteiger partial charge >= 0.3 is 5.97 Å². The average Bonchev–Trinajstić information content (AvgIpc) is 2.46. The zero-order valence-corrected chi connectivity index (χ0v) is 10.8. The van der Waals surface area contributed by atoms with Gasteiger partial charge in [-0.05, 0) is 18.2 Å². The van der Waals surface area contributed by atoms with Crippen molar-refractivity contribution < 1.29 is 14.3 Å². The first kappa shape index (κ1) is 13.4. The van der Waals surface area contributed by atoms with Crippen LogP contribution < -0.4 is 16.0 Å². The number of esters is 1. The average molecular weight is 263 g/mol. The van der Waals surface area contributed by atoms with E-state index in [-0.39, 0.29) is 12.5 Å². The SMILES string of the molecule is COC(=O)c1cccc(N2CCNC(=O)C2CN)c1. The summed E-state index contributed by atoms with van der Waals surface area (Å²) in [5.41, 5.74) is 6.91. The number of nitrogens with one attached hydrogen (secondary N) is 1. The van der Waals surface area contributed by atoms with Crippen LogP contribution in [-0.4, -0.2) is 44.7 Å². The molecule has 6 heteroatoms. The molecule has 102 valence electrons. The second-order valence-corrected chi connectivity index (χ2v) is 4.28. The molecule has 1 amide bonds. The molecule has 0 aromatic heterocycles. The minimum Gasteiger partial charge on any atom is -0.465 e. The Kier molecular flexibility index (Phi) is 4.01. The highest BCUT2D eigenvalue weighted by atomic mass is 16.5. The number of carbonyl (C=O) groups excluding carboxylic acids is 2. The van der Waals surface area contributed by atoms with E-state index in [1.807, 2.05) is 11.0 Å². The zero-order valence-electron chi connectivity index (χ0n) is 10.8. The van der Waals surface area contributed by atoms with Crippen molar-refractivity contribution in [2.24, 2.45) is 5.73 Å². The summed E-state index contributed by atoms with van der Waals surface area (Å²) in [5, 5.41) is 2.78. The third-order valence-electron chi connectivity index (χ3n) is 3.15. The number of carbonyl (C=O) groups is 2. The van der Waals surface area contributed by atoms with Gasteiger partial charge in [0.1, 0.15) is 6.04 Å². The van der Waals surface area contributed by atoms with E-state index < -0.39 is 12.0 Å². The fourth-order valence-corrected chi connectivity index (χ4v) is 2.19. The number of nitrogens with two attached hydrogens (primary N) is 1. The smallest absolute Gasteiger partial charge is 0.337 e. The molecule has 3 N–H and O–H groups in total. The van der Waals surface area contributed by atoms with Crippen molar-refractivity contribution in [1.29, 1.82) is 0 Å². The van der Waals surface area contributed by atoms with Crippen LogP contribution in [0.2, 0.25) is 0 Å². The summed E-state index contributed by atoms with van der Waals surface area (Å²) in [7, 11) is 1.34. The molecular weight excluding hydrogens is 246 g/mol. The molecule has 0 aliphatic carbocycles. The van der Waals surface area contributed by atoms with E-state index in [0.717, 1.165) is 5.69 Å². The summed E-state index contributed by atoms with van der Waals surface area (Å²) in [6.45, 7) is 1.46. The van der Waals surface area contributed by atoms with Crippen LogP contribution in [0.5, 0.6) is 0 Å². The Morgan fingerprint density at radius 2 is 2.37 bits per heavy atom. The number of piperazine rings is 1. The summed E-state index contributed by atoms with van der Waals surface area (Å²) in [4.78, 5) is 25.2. The van der Waals surface area contributed by atoms with Gasteiger partial charge in [0, 0.05) is 25.3 Å². The molecule has 1 aliphatic rings. The lowest BCUT2D eigenvalue weighted by Gasteiger charge is -2.36. The molecule has 1 atom stereocenters. The van der Waals surface area contributed by atoms with Crippen molar-refractivity contribution in [3.05, 3.63) is 29.8 Å². The molecule has 1 fully saturated rings. The molecule has 1 aliphatic heterocycles. The molecule has 1 heterocycles. The number of benzene rings is 1. The first-order valence-electron chi connectivity index (χ1n) is 6.10. The number of ether oxygens (including phenoxy) is 1. The van der Waals surface area contributed by atoms with Crippen LogP contribution >= 0.6 is 0 Å². The van der Waals surface area contributed by atoms with Crippen molar-refractivity contribution in [3.63, 3.8) is 0 Å². The maximum absolute atomic E-state index is 11.8. The van der Waals surface area contributed by atoms with Crippen molar-refractivity contribution in [2.75, 3.05) is 31.6 Å². The fourth-order valence-electron chi connectivity index (χ4n) is 2.19. The van der Waals surface area contributed by atoms with Gasteiger partial charge in [-0.2, -0.15) is 0 Å². The van der Waals surface area contributed by atoms with E-state index in [1.54, 1.807) is 18.2 Å². The number of nitrogens with zero attached hydrogens (tertiary/aromatic N) is 1. The predicted molar refractivity (Wildman–Crippen MR) is 71.0 cm³/mol. The molecule has 0 radical (unpaired) electrons. The van der Waals surface area contributed by atoms with E-state index >= 15 is 0 Å². The Bertz CT molecular complexity index is 490. The third-order valence-corrected chi connectivity index (χ3v) is 3.15. The maximum Gasteiger partial charge on any atom is 0.337 e. The van der Waals surface area contributed by atoms with Crippen molar-refractivity contribution in [3.8, 4) is 0 Å². The molecule has 0 spiro atoms. The van der Waals surface area contributed by atoms with Crippen LogP contribution in [0.4, 0.5) is 5.69 Å². The van der Waals surface area contributed by atoms with Gasteiger partial charge in [0.2, 0.25) is 5.91 Å². The number of amides is 1. The van der Waals surface area contributed by atoms with Crippen molar-refractivity contribution >= 4 is 17.6 Å². The van der Waals surface area contributed by atoms with E-state index in [0.29, 0.717) is 18.7 Å². The van der Waals surface area contributed by atoms with Crippen LogP contribution in [0, 0.1) is 0 Å². The summed E-state index contributed by atoms with van der Waals surface area (Å²) in [6.07, 6.45) is 0. The Hall–Kier alpha value is -2.08. The molecule has 1 unspecified atom stereocenters. The number of hydrogen-bond acceptors (Lipinski definition) is 5. The van der Waals surface area contributed by atoms with E-state index in [2.05, 4.69) is 5.32 Å². The minimum atomic E-state index is -0.401. The normalized spacial score (nSPS) is 18.9. The molecular formula is C13H17N3O3. The second kappa shape index (κ2) is 5.71. The quantitative estimate of drug-likeness (QED) is 0.734. The largest absolute Gasteiger partial charge is 0.465 e. The van der Waals surface area contributed by atoms with Gasteiger partial charge in [-0.25, -0.2) is 4.79 Å². The molecule has 2 rings (SSSR count). The van der Waals surface area contributed by atoms with Gasteiger partial charge in [-0.15, -0.1) is 0 Å².